The fourth-order valence-electron chi connectivity index (χ4n) is 1.87. The van der Waals surface area contributed by atoms with E-state index in [1.54, 1.807) is 13.0 Å². The number of benzene rings is 1. The van der Waals surface area contributed by atoms with E-state index in [4.69, 9.17) is 5.26 Å². The van der Waals surface area contributed by atoms with Gasteiger partial charge in [0.25, 0.3) is 0 Å². The van der Waals surface area contributed by atoms with Crippen molar-refractivity contribution in [3.05, 3.63) is 35.1 Å². The summed E-state index contributed by atoms with van der Waals surface area (Å²) >= 11 is 0. The van der Waals surface area contributed by atoms with Gasteiger partial charge in [0, 0.05) is 5.92 Å². The predicted octanol–water partition coefficient (Wildman–Crippen LogP) is 3.25. The quantitative estimate of drug-likeness (QED) is 0.783. The van der Waals surface area contributed by atoms with Crippen LogP contribution in [0, 0.1) is 23.1 Å². The van der Waals surface area contributed by atoms with Crippen molar-refractivity contribution in [2.24, 2.45) is 5.92 Å². The summed E-state index contributed by atoms with van der Waals surface area (Å²) in [6.45, 7) is 3.61. The Balaban J connectivity index is 2.87. The number of hydrogen-bond donors (Lipinski definition) is 0. The zero-order chi connectivity index (χ0) is 12.8. The molecule has 90 valence electrons. The molecule has 1 aromatic rings. The Morgan fingerprint density at radius 2 is 2.24 bits per heavy atom. The molecular formula is C14H16FNO. The van der Waals surface area contributed by atoms with Crippen molar-refractivity contribution in [3.8, 4) is 6.07 Å². The highest BCUT2D eigenvalue weighted by atomic mass is 19.1. The van der Waals surface area contributed by atoms with E-state index in [1.807, 2.05) is 13.0 Å². The van der Waals surface area contributed by atoms with Crippen molar-refractivity contribution in [1.29, 1.82) is 5.26 Å². The van der Waals surface area contributed by atoms with Crippen LogP contribution in [0.1, 0.15) is 37.8 Å². The van der Waals surface area contributed by atoms with Gasteiger partial charge in [0.2, 0.25) is 0 Å². The van der Waals surface area contributed by atoms with Crippen LogP contribution in [0.4, 0.5) is 4.39 Å². The van der Waals surface area contributed by atoms with Crippen LogP contribution in [0.2, 0.25) is 0 Å². The molecule has 3 heteroatoms. The van der Waals surface area contributed by atoms with Gasteiger partial charge >= 0.3 is 0 Å². The van der Waals surface area contributed by atoms with E-state index in [2.05, 4.69) is 0 Å². The van der Waals surface area contributed by atoms with Gasteiger partial charge in [-0.2, -0.15) is 5.26 Å². The van der Waals surface area contributed by atoms with E-state index >= 15 is 0 Å². The molecule has 1 unspecified atom stereocenters. The molecule has 1 aromatic carbocycles. The summed E-state index contributed by atoms with van der Waals surface area (Å²) in [5.41, 5.74) is 0.887. The smallest absolute Gasteiger partial charge is 0.140 e. The summed E-state index contributed by atoms with van der Waals surface area (Å²) in [6.07, 6.45) is 2.35. The lowest BCUT2D eigenvalue weighted by molar-refractivity contribution is -0.120. The molecule has 0 fully saturated rings. The minimum atomic E-state index is -0.508. The van der Waals surface area contributed by atoms with E-state index in [1.165, 1.54) is 12.1 Å². The van der Waals surface area contributed by atoms with Crippen LogP contribution in [0.5, 0.6) is 0 Å². The number of hydrogen-bond acceptors (Lipinski definition) is 2. The van der Waals surface area contributed by atoms with E-state index in [0.717, 1.165) is 18.4 Å². The molecule has 0 saturated carbocycles. The van der Waals surface area contributed by atoms with E-state index < -0.39 is 5.82 Å². The fraction of sp³-hybridized carbons (Fsp3) is 0.429. The lowest BCUT2D eigenvalue weighted by Crippen LogP contribution is -2.13. The highest BCUT2D eigenvalue weighted by Crippen LogP contribution is 2.17. The van der Waals surface area contributed by atoms with Crippen molar-refractivity contribution in [3.63, 3.8) is 0 Å². The Labute approximate surface area is 101 Å². The van der Waals surface area contributed by atoms with Crippen molar-refractivity contribution in [1.82, 2.24) is 0 Å². The number of carbonyl (C=O) groups is 1. The minimum Gasteiger partial charge on any atom is -0.300 e. The van der Waals surface area contributed by atoms with Crippen LogP contribution in [0.3, 0.4) is 0 Å². The first-order valence-corrected chi connectivity index (χ1v) is 5.77. The molecule has 0 aliphatic heterocycles. The second-order valence-electron chi connectivity index (χ2n) is 4.23. The van der Waals surface area contributed by atoms with Gasteiger partial charge in [-0.05, 0) is 37.5 Å². The van der Waals surface area contributed by atoms with Crippen LogP contribution in [-0.2, 0) is 11.2 Å². The molecule has 0 heterocycles. The fourth-order valence-corrected chi connectivity index (χ4v) is 1.87. The van der Waals surface area contributed by atoms with Gasteiger partial charge in [0.1, 0.15) is 17.7 Å². The molecule has 2 nitrogen and oxygen atoms in total. The Morgan fingerprint density at radius 3 is 2.76 bits per heavy atom. The zero-order valence-corrected chi connectivity index (χ0v) is 10.2. The lowest BCUT2D eigenvalue weighted by atomic mass is 9.91. The van der Waals surface area contributed by atoms with E-state index in [-0.39, 0.29) is 17.3 Å². The first kappa shape index (κ1) is 13.4. The Bertz CT molecular complexity index is 448. The molecule has 0 saturated heterocycles. The highest BCUT2D eigenvalue weighted by Gasteiger charge is 2.14. The first-order chi connectivity index (χ1) is 8.08. The third-order valence-corrected chi connectivity index (χ3v) is 2.85. The van der Waals surface area contributed by atoms with Gasteiger partial charge in [-0.3, -0.25) is 4.79 Å². The Morgan fingerprint density at radius 1 is 1.53 bits per heavy atom. The predicted molar refractivity (Wildman–Crippen MR) is 63.9 cm³/mol. The van der Waals surface area contributed by atoms with Gasteiger partial charge < -0.3 is 0 Å². The normalized spacial score (nSPS) is 11.9. The standard InChI is InChI=1S/C14H16FNO/c1-3-4-12(10(2)17)7-11-5-6-14(15)13(8-11)9-16/h5-6,8,12H,3-4,7H2,1-2H3. The highest BCUT2D eigenvalue weighted by molar-refractivity contribution is 5.78. The molecule has 0 amide bonds. The number of carbonyl (C=O) groups excluding carboxylic acids is 1. The van der Waals surface area contributed by atoms with Crippen LogP contribution in [0.25, 0.3) is 0 Å². The number of nitrogens with zero attached hydrogens (tertiary/aromatic N) is 1. The molecule has 0 radical (unpaired) electrons. The summed E-state index contributed by atoms with van der Waals surface area (Å²) in [4.78, 5) is 11.4. The molecular weight excluding hydrogens is 217 g/mol. The largest absolute Gasteiger partial charge is 0.300 e. The molecule has 0 aliphatic carbocycles. The number of nitriles is 1. The Kier molecular flexibility index (Phi) is 4.84. The second-order valence-corrected chi connectivity index (χ2v) is 4.23. The maximum atomic E-state index is 13.1. The number of ketones is 1. The van der Waals surface area contributed by atoms with Crippen molar-refractivity contribution >= 4 is 5.78 Å². The van der Waals surface area contributed by atoms with Gasteiger partial charge in [-0.1, -0.05) is 19.4 Å². The average molecular weight is 233 g/mol. The van der Waals surface area contributed by atoms with Crippen molar-refractivity contribution in [2.75, 3.05) is 0 Å². The maximum Gasteiger partial charge on any atom is 0.140 e. The molecule has 0 bridgehead atoms. The summed E-state index contributed by atoms with van der Waals surface area (Å²) < 4.78 is 13.1. The summed E-state index contributed by atoms with van der Waals surface area (Å²) in [6, 6.07) is 6.27. The number of Topliss-reactive ketones (excluding diaryl/α,β-unsaturated/α-hetero) is 1. The SMILES string of the molecule is CCCC(Cc1ccc(F)c(C#N)c1)C(C)=O. The van der Waals surface area contributed by atoms with Crippen LogP contribution in [-0.4, -0.2) is 5.78 Å². The molecule has 0 N–H and O–H groups in total. The molecule has 0 aliphatic rings. The minimum absolute atomic E-state index is 0.0306. The van der Waals surface area contributed by atoms with Crippen molar-refractivity contribution < 1.29 is 9.18 Å². The second kappa shape index (κ2) is 6.15. The number of rotatable bonds is 5. The Hall–Kier alpha value is -1.69. The molecule has 1 atom stereocenters. The van der Waals surface area contributed by atoms with Gasteiger partial charge in [0.15, 0.2) is 0 Å². The van der Waals surface area contributed by atoms with Crippen LogP contribution < -0.4 is 0 Å². The summed E-state index contributed by atoms with van der Waals surface area (Å²) in [5.74, 6) is -0.391. The topological polar surface area (TPSA) is 40.9 Å². The van der Waals surface area contributed by atoms with Gasteiger partial charge in [-0.25, -0.2) is 4.39 Å². The molecule has 17 heavy (non-hydrogen) atoms. The monoisotopic (exact) mass is 233 g/mol. The third-order valence-electron chi connectivity index (χ3n) is 2.85. The summed E-state index contributed by atoms with van der Waals surface area (Å²) in [7, 11) is 0. The molecule has 0 aromatic heterocycles. The van der Waals surface area contributed by atoms with Crippen molar-refractivity contribution in [2.45, 2.75) is 33.1 Å². The average Bonchev–Trinajstić information content (AvgIpc) is 2.30. The van der Waals surface area contributed by atoms with Crippen LogP contribution in [0.15, 0.2) is 18.2 Å². The lowest BCUT2D eigenvalue weighted by Gasteiger charge is -2.12. The maximum absolute atomic E-state index is 13.1. The zero-order valence-electron chi connectivity index (χ0n) is 10.2. The molecule has 1 rings (SSSR count). The summed E-state index contributed by atoms with van der Waals surface area (Å²) in [5, 5.41) is 8.73. The number of halogens is 1. The third kappa shape index (κ3) is 3.67. The van der Waals surface area contributed by atoms with Gasteiger partial charge in [0.05, 0.1) is 5.56 Å². The van der Waals surface area contributed by atoms with Gasteiger partial charge in [-0.15, -0.1) is 0 Å². The molecule has 0 spiro atoms. The van der Waals surface area contributed by atoms with Crippen LogP contribution >= 0.6 is 0 Å². The van der Waals surface area contributed by atoms with E-state index in [9.17, 15) is 9.18 Å². The van der Waals surface area contributed by atoms with E-state index in [0.29, 0.717) is 6.42 Å². The first-order valence-electron chi connectivity index (χ1n) is 5.77.